The molecule has 0 unspecified atom stereocenters. The number of hydrogen-bond donors (Lipinski definition) is 1. The first-order chi connectivity index (χ1) is 10.3. The summed E-state index contributed by atoms with van der Waals surface area (Å²) >= 11 is 4.12. The highest BCUT2D eigenvalue weighted by atomic mass is 32.2. The summed E-state index contributed by atoms with van der Waals surface area (Å²) in [6.07, 6.45) is 4.09. The Morgan fingerprint density at radius 3 is 2.86 bits per heavy atom. The van der Waals surface area contributed by atoms with Gasteiger partial charge in [-0.3, -0.25) is 0 Å². The monoisotopic (exact) mass is 319 g/mol. The first-order valence-corrected chi connectivity index (χ1v) is 9.62. The highest BCUT2D eigenvalue weighted by molar-refractivity contribution is 8.03. The standard InChI is InChI=1S/C16H21N3S2/c1-13-3-2-4-16(7-13)19-10-14(9-18-19)8-17-15-11-20-5-6-21-12-15/h2-4,7,9-10,15,17H,5-6,8,11-12H2,1H3. The zero-order valence-corrected chi connectivity index (χ0v) is 13.9. The highest BCUT2D eigenvalue weighted by Crippen LogP contribution is 2.17. The fourth-order valence-corrected chi connectivity index (χ4v) is 4.83. The van der Waals surface area contributed by atoms with E-state index >= 15 is 0 Å². The number of aryl methyl sites for hydroxylation is 1. The van der Waals surface area contributed by atoms with Gasteiger partial charge in [-0.25, -0.2) is 4.68 Å². The molecule has 1 fully saturated rings. The Bertz CT molecular complexity index is 574. The van der Waals surface area contributed by atoms with Crippen LogP contribution in [-0.4, -0.2) is 38.8 Å². The lowest BCUT2D eigenvalue weighted by atomic mass is 10.2. The molecule has 0 aliphatic carbocycles. The van der Waals surface area contributed by atoms with Gasteiger partial charge in [0.05, 0.1) is 11.9 Å². The Balaban J connectivity index is 1.60. The number of rotatable bonds is 4. The van der Waals surface area contributed by atoms with Crippen LogP contribution in [0.3, 0.4) is 0 Å². The number of nitrogens with one attached hydrogen (secondary N) is 1. The quantitative estimate of drug-likeness (QED) is 0.938. The number of hydrogen-bond acceptors (Lipinski definition) is 4. The van der Waals surface area contributed by atoms with Crippen LogP contribution >= 0.6 is 23.5 Å². The second-order valence-corrected chi connectivity index (χ2v) is 7.66. The summed E-state index contributed by atoms with van der Waals surface area (Å²) in [5, 5.41) is 8.14. The first-order valence-electron chi connectivity index (χ1n) is 7.31. The smallest absolute Gasteiger partial charge is 0.0648 e. The largest absolute Gasteiger partial charge is 0.308 e. The molecule has 0 atom stereocenters. The number of benzene rings is 1. The fraction of sp³-hybridized carbons (Fsp3) is 0.438. The molecule has 1 N–H and O–H groups in total. The van der Waals surface area contributed by atoms with Crippen molar-refractivity contribution in [2.45, 2.75) is 19.5 Å². The SMILES string of the molecule is Cc1cccc(-n2cc(CNC3CSCCSC3)cn2)c1. The summed E-state index contributed by atoms with van der Waals surface area (Å²) in [5.41, 5.74) is 3.63. The van der Waals surface area contributed by atoms with Crippen LogP contribution in [0.2, 0.25) is 0 Å². The second kappa shape index (κ2) is 7.38. The van der Waals surface area contributed by atoms with Gasteiger partial charge < -0.3 is 5.32 Å². The molecule has 2 aromatic rings. The Hall–Kier alpha value is -0.910. The molecule has 21 heavy (non-hydrogen) atoms. The van der Waals surface area contributed by atoms with E-state index < -0.39 is 0 Å². The summed E-state index contributed by atoms with van der Waals surface area (Å²) in [6.45, 7) is 3.01. The van der Waals surface area contributed by atoms with Gasteiger partial charge in [-0.15, -0.1) is 0 Å². The molecule has 3 nitrogen and oxygen atoms in total. The number of thioether (sulfide) groups is 2. The van der Waals surface area contributed by atoms with Crippen LogP contribution in [-0.2, 0) is 6.54 Å². The van der Waals surface area contributed by atoms with E-state index in [0.717, 1.165) is 12.2 Å². The molecule has 1 aromatic carbocycles. The summed E-state index contributed by atoms with van der Waals surface area (Å²) in [6, 6.07) is 9.05. The van der Waals surface area contributed by atoms with E-state index in [4.69, 9.17) is 0 Å². The van der Waals surface area contributed by atoms with Crippen LogP contribution in [0.15, 0.2) is 36.7 Å². The van der Waals surface area contributed by atoms with E-state index in [1.807, 2.05) is 10.9 Å². The van der Waals surface area contributed by atoms with E-state index in [1.165, 1.54) is 34.1 Å². The minimum Gasteiger partial charge on any atom is -0.308 e. The Morgan fingerprint density at radius 2 is 2.10 bits per heavy atom. The third-order valence-electron chi connectivity index (χ3n) is 3.51. The van der Waals surface area contributed by atoms with Crippen LogP contribution in [0, 0.1) is 6.92 Å². The molecule has 0 saturated carbocycles. The van der Waals surface area contributed by atoms with E-state index in [1.54, 1.807) is 0 Å². The molecular weight excluding hydrogens is 298 g/mol. The van der Waals surface area contributed by atoms with Crippen molar-refractivity contribution in [2.75, 3.05) is 23.0 Å². The van der Waals surface area contributed by atoms with Crippen molar-refractivity contribution in [3.8, 4) is 5.69 Å². The summed E-state index contributed by atoms with van der Waals surface area (Å²) < 4.78 is 1.96. The average Bonchev–Trinajstić information content (AvgIpc) is 2.81. The van der Waals surface area contributed by atoms with E-state index in [9.17, 15) is 0 Å². The maximum Gasteiger partial charge on any atom is 0.0648 e. The lowest BCUT2D eigenvalue weighted by molar-refractivity contribution is 0.604. The molecule has 2 heterocycles. The van der Waals surface area contributed by atoms with Crippen molar-refractivity contribution in [3.63, 3.8) is 0 Å². The van der Waals surface area contributed by atoms with Gasteiger partial charge in [0.25, 0.3) is 0 Å². The molecule has 1 aliphatic rings. The average molecular weight is 319 g/mol. The molecule has 1 saturated heterocycles. The molecule has 3 rings (SSSR count). The van der Waals surface area contributed by atoms with Crippen LogP contribution in [0.25, 0.3) is 5.69 Å². The van der Waals surface area contributed by atoms with Gasteiger partial charge in [0.15, 0.2) is 0 Å². The minimum atomic E-state index is 0.616. The van der Waals surface area contributed by atoms with Crippen molar-refractivity contribution >= 4 is 23.5 Å². The molecular formula is C16H21N3S2. The van der Waals surface area contributed by atoms with Gasteiger partial charge in [0.2, 0.25) is 0 Å². The second-order valence-electron chi connectivity index (χ2n) is 5.36. The number of aromatic nitrogens is 2. The maximum absolute atomic E-state index is 4.48. The third kappa shape index (κ3) is 4.28. The molecule has 112 valence electrons. The highest BCUT2D eigenvalue weighted by Gasteiger charge is 2.12. The van der Waals surface area contributed by atoms with Crippen molar-refractivity contribution in [1.82, 2.24) is 15.1 Å². The van der Waals surface area contributed by atoms with Gasteiger partial charge in [-0.1, -0.05) is 12.1 Å². The zero-order valence-electron chi connectivity index (χ0n) is 12.3. The topological polar surface area (TPSA) is 29.9 Å². The van der Waals surface area contributed by atoms with Gasteiger partial charge >= 0.3 is 0 Å². The molecule has 5 heteroatoms. The maximum atomic E-state index is 4.48. The van der Waals surface area contributed by atoms with Crippen LogP contribution in [0.5, 0.6) is 0 Å². The number of nitrogens with zero attached hydrogens (tertiary/aromatic N) is 2. The molecule has 0 radical (unpaired) electrons. The molecule has 0 spiro atoms. The zero-order chi connectivity index (χ0) is 14.5. The summed E-state index contributed by atoms with van der Waals surface area (Å²) in [5.74, 6) is 5.01. The van der Waals surface area contributed by atoms with E-state index in [0.29, 0.717) is 6.04 Å². The normalized spacial score (nSPS) is 16.8. The van der Waals surface area contributed by atoms with Gasteiger partial charge in [-0.2, -0.15) is 28.6 Å². The molecule has 1 aliphatic heterocycles. The molecule has 1 aromatic heterocycles. The Labute approximate surface area is 134 Å². The predicted octanol–water partition coefficient (Wildman–Crippen LogP) is 3.12. The van der Waals surface area contributed by atoms with Crippen molar-refractivity contribution < 1.29 is 0 Å². The van der Waals surface area contributed by atoms with Crippen LogP contribution in [0.1, 0.15) is 11.1 Å². The lowest BCUT2D eigenvalue weighted by Gasteiger charge is -2.14. The van der Waals surface area contributed by atoms with Gasteiger partial charge in [0, 0.05) is 47.4 Å². The summed E-state index contributed by atoms with van der Waals surface area (Å²) in [4.78, 5) is 0. The Morgan fingerprint density at radius 1 is 1.29 bits per heavy atom. The predicted molar refractivity (Wildman–Crippen MR) is 93.6 cm³/mol. The van der Waals surface area contributed by atoms with Gasteiger partial charge in [-0.05, 0) is 24.6 Å². The van der Waals surface area contributed by atoms with Crippen molar-refractivity contribution in [1.29, 1.82) is 0 Å². The molecule has 0 amide bonds. The third-order valence-corrected chi connectivity index (χ3v) is 6.03. The van der Waals surface area contributed by atoms with E-state index in [-0.39, 0.29) is 0 Å². The van der Waals surface area contributed by atoms with Crippen LogP contribution in [0.4, 0.5) is 0 Å². The first kappa shape index (κ1) is 15.0. The minimum absolute atomic E-state index is 0.616. The molecule has 0 bridgehead atoms. The van der Waals surface area contributed by atoms with Crippen molar-refractivity contribution in [3.05, 3.63) is 47.8 Å². The van der Waals surface area contributed by atoms with Gasteiger partial charge in [0.1, 0.15) is 0 Å². The fourth-order valence-electron chi connectivity index (χ4n) is 2.36. The van der Waals surface area contributed by atoms with Crippen molar-refractivity contribution in [2.24, 2.45) is 0 Å². The summed E-state index contributed by atoms with van der Waals surface area (Å²) in [7, 11) is 0. The Kier molecular flexibility index (Phi) is 5.27. The van der Waals surface area contributed by atoms with Crippen LogP contribution < -0.4 is 5.32 Å². The van der Waals surface area contributed by atoms with E-state index in [2.05, 4.69) is 71.3 Å². The lowest BCUT2D eigenvalue weighted by Crippen LogP contribution is -2.32.